The minimum atomic E-state index is -1.08. The second-order valence-corrected chi connectivity index (χ2v) is 7.65. The number of hydrogen-bond donors (Lipinski definition) is 2. The lowest BCUT2D eigenvalue weighted by atomic mass is 10.1. The minimum Gasteiger partial charge on any atom is -0.480 e. The standard InChI is InChI=1S/C25H32N2O6/c1-20(23(28)29)27(25(31)33-19-22-14-8-5-9-15-22)17-11-3-2-10-16-26-24(30)32-18-21-12-6-4-7-13-21/h4-9,12-15,20H,2-3,10-11,16-19H2,1H3,(H,26,30)(H,28,29). The van der Waals surface area contributed by atoms with Crippen LogP contribution >= 0.6 is 0 Å². The Labute approximate surface area is 194 Å². The molecule has 0 saturated heterocycles. The van der Waals surface area contributed by atoms with Crippen molar-refractivity contribution in [2.45, 2.75) is 51.9 Å². The van der Waals surface area contributed by atoms with Gasteiger partial charge in [-0.2, -0.15) is 0 Å². The molecule has 0 aromatic heterocycles. The Balaban J connectivity index is 1.62. The van der Waals surface area contributed by atoms with E-state index in [4.69, 9.17) is 9.47 Å². The van der Waals surface area contributed by atoms with Crippen LogP contribution < -0.4 is 5.32 Å². The molecule has 2 rings (SSSR count). The predicted molar refractivity (Wildman–Crippen MR) is 124 cm³/mol. The van der Waals surface area contributed by atoms with Crippen molar-refractivity contribution >= 4 is 18.2 Å². The fraction of sp³-hybridized carbons (Fsp3) is 0.400. The number of ether oxygens (including phenoxy) is 2. The monoisotopic (exact) mass is 456 g/mol. The maximum Gasteiger partial charge on any atom is 0.410 e. The zero-order chi connectivity index (χ0) is 23.9. The molecular weight excluding hydrogens is 424 g/mol. The van der Waals surface area contributed by atoms with Gasteiger partial charge < -0.3 is 19.9 Å². The molecule has 0 bridgehead atoms. The third kappa shape index (κ3) is 10.1. The summed E-state index contributed by atoms with van der Waals surface area (Å²) in [5.41, 5.74) is 1.76. The number of unbranched alkanes of at least 4 members (excludes halogenated alkanes) is 3. The van der Waals surface area contributed by atoms with E-state index in [1.807, 2.05) is 60.7 Å². The Bertz CT molecular complexity index is 860. The van der Waals surface area contributed by atoms with E-state index >= 15 is 0 Å². The van der Waals surface area contributed by atoms with Crippen LogP contribution in [0.3, 0.4) is 0 Å². The highest BCUT2D eigenvalue weighted by molar-refractivity contribution is 5.79. The van der Waals surface area contributed by atoms with Gasteiger partial charge in [-0.1, -0.05) is 73.5 Å². The molecule has 0 saturated carbocycles. The highest BCUT2D eigenvalue weighted by Gasteiger charge is 2.26. The highest BCUT2D eigenvalue weighted by Crippen LogP contribution is 2.10. The zero-order valence-corrected chi connectivity index (χ0v) is 18.9. The van der Waals surface area contributed by atoms with E-state index in [1.165, 1.54) is 11.8 Å². The van der Waals surface area contributed by atoms with E-state index in [0.717, 1.165) is 30.4 Å². The van der Waals surface area contributed by atoms with Gasteiger partial charge in [0.2, 0.25) is 0 Å². The summed E-state index contributed by atoms with van der Waals surface area (Å²) in [6, 6.07) is 17.7. The summed E-state index contributed by atoms with van der Waals surface area (Å²) in [7, 11) is 0. The quantitative estimate of drug-likeness (QED) is 0.427. The van der Waals surface area contributed by atoms with Crippen molar-refractivity contribution in [1.82, 2.24) is 10.2 Å². The van der Waals surface area contributed by atoms with E-state index < -0.39 is 24.2 Å². The fourth-order valence-electron chi connectivity index (χ4n) is 3.10. The third-order valence-corrected chi connectivity index (χ3v) is 5.07. The Morgan fingerprint density at radius 2 is 1.39 bits per heavy atom. The van der Waals surface area contributed by atoms with Crippen molar-refractivity contribution in [1.29, 1.82) is 0 Å². The molecule has 0 aliphatic carbocycles. The number of nitrogens with zero attached hydrogens (tertiary/aromatic N) is 1. The van der Waals surface area contributed by atoms with Gasteiger partial charge in [0.25, 0.3) is 0 Å². The summed E-state index contributed by atoms with van der Waals surface area (Å²) in [4.78, 5) is 36.8. The number of carbonyl (C=O) groups excluding carboxylic acids is 2. The fourth-order valence-corrected chi connectivity index (χ4v) is 3.10. The number of alkyl carbamates (subject to hydrolysis) is 1. The summed E-state index contributed by atoms with van der Waals surface area (Å²) in [6.45, 7) is 2.56. The molecule has 0 fully saturated rings. The second kappa shape index (κ2) is 14.5. The lowest BCUT2D eigenvalue weighted by molar-refractivity contribution is -0.142. The molecule has 8 heteroatoms. The first-order valence-corrected chi connectivity index (χ1v) is 11.1. The molecule has 0 radical (unpaired) electrons. The number of aliphatic carboxylic acids is 1. The average molecular weight is 457 g/mol. The predicted octanol–water partition coefficient (Wildman–Crippen LogP) is 4.59. The Hall–Kier alpha value is -3.55. The Morgan fingerprint density at radius 3 is 1.97 bits per heavy atom. The third-order valence-electron chi connectivity index (χ3n) is 5.07. The molecule has 33 heavy (non-hydrogen) atoms. The van der Waals surface area contributed by atoms with Crippen molar-refractivity contribution in [2.24, 2.45) is 0 Å². The summed E-state index contributed by atoms with van der Waals surface area (Å²) in [6.07, 6.45) is 1.91. The first kappa shape index (κ1) is 25.7. The molecule has 1 unspecified atom stereocenters. The Morgan fingerprint density at radius 1 is 0.848 bits per heavy atom. The first-order valence-electron chi connectivity index (χ1n) is 11.1. The van der Waals surface area contributed by atoms with E-state index in [-0.39, 0.29) is 19.8 Å². The SMILES string of the molecule is CC(C(=O)O)N(CCCCCCNC(=O)OCc1ccccc1)C(=O)OCc1ccccc1. The smallest absolute Gasteiger partial charge is 0.410 e. The van der Waals surface area contributed by atoms with Crippen molar-refractivity contribution < 1.29 is 29.0 Å². The van der Waals surface area contributed by atoms with Crippen LogP contribution in [0.15, 0.2) is 60.7 Å². The van der Waals surface area contributed by atoms with Crippen LogP contribution in [0, 0.1) is 0 Å². The van der Waals surface area contributed by atoms with E-state index in [9.17, 15) is 19.5 Å². The van der Waals surface area contributed by atoms with Crippen molar-refractivity contribution in [3.63, 3.8) is 0 Å². The Kier molecular flexibility index (Phi) is 11.3. The van der Waals surface area contributed by atoms with Gasteiger partial charge in [-0.3, -0.25) is 4.90 Å². The van der Waals surface area contributed by atoms with E-state index in [2.05, 4.69) is 5.32 Å². The number of nitrogens with one attached hydrogen (secondary N) is 1. The zero-order valence-electron chi connectivity index (χ0n) is 18.9. The first-order chi connectivity index (χ1) is 16.0. The molecular formula is C25H32N2O6. The van der Waals surface area contributed by atoms with Crippen LogP contribution in [0.2, 0.25) is 0 Å². The van der Waals surface area contributed by atoms with Gasteiger partial charge in [0.05, 0.1) is 0 Å². The molecule has 2 amide bonds. The average Bonchev–Trinajstić information content (AvgIpc) is 2.83. The van der Waals surface area contributed by atoms with E-state index in [0.29, 0.717) is 13.0 Å². The van der Waals surface area contributed by atoms with Gasteiger partial charge in [0, 0.05) is 13.1 Å². The van der Waals surface area contributed by atoms with Gasteiger partial charge in [-0.25, -0.2) is 14.4 Å². The molecule has 0 spiro atoms. The number of carbonyl (C=O) groups is 3. The number of hydrogen-bond acceptors (Lipinski definition) is 5. The van der Waals surface area contributed by atoms with Gasteiger partial charge in [-0.05, 0) is 30.9 Å². The summed E-state index contributed by atoms with van der Waals surface area (Å²) in [5, 5.41) is 12.0. The number of carboxylic acid groups (broad SMARTS) is 1. The summed E-state index contributed by atoms with van der Waals surface area (Å²) >= 11 is 0. The second-order valence-electron chi connectivity index (χ2n) is 7.65. The van der Waals surface area contributed by atoms with Gasteiger partial charge in [0.1, 0.15) is 19.3 Å². The van der Waals surface area contributed by atoms with Crippen LogP contribution in [0.25, 0.3) is 0 Å². The number of rotatable bonds is 13. The van der Waals surface area contributed by atoms with Crippen molar-refractivity contribution in [3.8, 4) is 0 Å². The van der Waals surface area contributed by atoms with Gasteiger partial charge in [0.15, 0.2) is 0 Å². The molecule has 178 valence electrons. The summed E-state index contributed by atoms with van der Waals surface area (Å²) < 4.78 is 10.5. The van der Waals surface area contributed by atoms with Crippen molar-refractivity contribution in [3.05, 3.63) is 71.8 Å². The molecule has 0 heterocycles. The number of carboxylic acids is 1. The molecule has 2 aromatic carbocycles. The highest BCUT2D eigenvalue weighted by atomic mass is 16.6. The van der Waals surface area contributed by atoms with Crippen LogP contribution in [0.5, 0.6) is 0 Å². The topological polar surface area (TPSA) is 105 Å². The maximum atomic E-state index is 12.4. The minimum absolute atomic E-state index is 0.0918. The molecule has 2 N–H and O–H groups in total. The van der Waals surface area contributed by atoms with Crippen LogP contribution in [-0.4, -0.2) is 47.3 Å². The molecule has 8 nitrogen and oxygen atoms in total. The molecule has 0 aliphatic rings. The number of amides is 2. The number of benzene rings is 2. The van der Waals surface area contributed by atoms with Crippen molar-refractivity contribution in [2.75, 3.05) is 13.1 Å². The van der Waals surface area contributed by atoms with Crippen LogP contribution in [0.4, 0.5) is 9.59 Å². The summed E-state index contributed by atoms with van der Waals surface area (Å²) in [5.74, 6) is -1.08. The van der Waals surface area contributed by atoms with Crippen LogP contribution in [-0.2, 0) is 27.5 Å². The molecule has 1 atom stereocenters. The molecule has 0 aliphatic heterocycles. The van der Waals surface area contributed by atoms with Gasteiger partial charge >= 0.3 is 18.2 Å². The largest absolute Gasteiger partial charge is 0.480 e. The lowest BCUT2D eigenvalue weighted by Gasteiger charge is -2.25. The van der Waals surface area contributed by atoms with E-state index in [1.54, 1.807) is 0 Å². The maximum absolute atomic E-state index is 12.4. The normalized spacial score (nSPS) is 11.3. The van der Waals surface area contributed by atoms with Crippen LogP contribution in [0.1, 0.15) is 43.7 Å². The molecule has 2 aromatic rings. The van der Waals surface area contributed by atoms with Gasteiger partial charge in [-0.15, -0.1) is 0 Å². The lowest BCUT2D eigenvalue weighted by Crippen LogP contribution is -2.44.